The number of hydrogen-bond donors (Lipinski definition) is 3. The predicted octanol–water partition coefficient (Wildman–Crippen LogP) is 3.61. The Hall–Kier alpha value is 0.320. The zero-order valence-corrected chi connectivity index (χ0v) is 23.8. The van der Waals surface area contributed by atoms with Gasteiger partial charge in [0.05, 0.1) is 26.4 Å². The van der Waals surface area contributed by atoms with Crippen LogP contribution in [0.5, 0.6) is 0 Å². The smallest absolute Gasteiger partial charge is 0.102 e. The van der Waals surface area contributed by atoms with Crippen LogP contribution in [-0.2, 0) is 0 Å². The molecular weight excluding hydrogens is 478 g/mol. The first-order chi connectivity index (χ1) is 15.7. The van der Waals surface area contributed by atoms with E-state index in [0.29, 0.717) is 24.1 Å². The highest BCUT2D eigenvalue weighted by atomic mass is 79.9. The molecule has 0 amide bonds. The quantitative estimate of drug-likeness (QED) is 0.111. The van der Waals surface area contributed by atoms with Crippen LogP contribution in [0.2, 0.25) is 0 Å². The molecule has 202 valence electrons. The third kappa shape index (κ3) is 23.8. The maximum Gasteiger partial charge on any atom is 0.102 e. The van der Waals surface area contributed by atoms with E-state index in [1.165, 1.54) is 122 Å². The Morgan fingerprint density at radius 1 is 0.364 bits per heavy atom. The van der Waals surface area contributed by atoms with Gasteiger partial charge in [-0.15, -0.1) is 0 Å². The Kier molecular flexibility index (Phi) is 30.7. The van der Waals surface area contributed by atoms with E-state index in [1.807, 2.05) is 0 Å². The van der Waals surface area contributed by atoms with Gasteiger partial charge in [0.15, 0.2) is 0 Å². The third-order valence-electron chi connectivity index (χ3n) is 7.21. The minimum atomic E-state index is 0. The maximum atomic E-state index is 9.34. The fourth-order valence-corrected chi connectivity index (χ4v) is 5.01. The van der Waals surface area contributed by atoms with Crippen LogP contribution in [0.1, 0.15) is 135 Å². The van der Waals surface area contributed by atoms with Gasteiger partial charge in [-0.05, 0) is 12.8 Å². The predicted molar refractivity (Wildman–Crippen MR) is 139 cm³/mol. The van der Waals surface area contributed by atoms with Gasteiger partial charge in [-0.2, -0.15) is 0 Å². The molecule has 0 saturated carbocycles. The monoisotopic (exact) mass is 537 g/mol. The van der Waals surface area contributed by atoms with E-state index < -0.39 is 0 Å². The van der Waals surface area contributed by atoms with Gasteiger partial charge < -0.3 is 36.8 Å². The summed E-state index contributed by atoms with van der Waals surface area (Å²) in [5.74, 6) is 0. The maximum absolute atomic E-state index is 9.34. The largest absolute Gasteiger partial charge is 1.00 e. The van der Waals surface area contributed by atoms with Crippen molar-refractivity contribution in [1.29, 1.82) is 0 Å². The lowest BCUT2D eigenvalue weighted by molar-refractivity contribution is -0.929. The Morgan fingerprint density at radius 3 is 0.848 bits per heavy atom. The van der Waals surface area contributed by atoms with Crippen LogP contribution in [-0.4, -0.2) is 65.8 Å². The van der Waals surface area contributed by atoms with E-state index in [-0.39, 0.29) is 36.8 Å². The second-order valence-corrected chi connectivity index (χ2v) is 10.1. The average Bonchev–Trinajstić information content (AvgIpc) is 2.78. The van der Waals surface area contributed by atoms with Crippen molar-refractivity contribution >= 4 is 0 Å². The molecular formula is C28H60BrNO3. The lowest BCUT2D eigenvalue weighted by Gasteiger charge is -2.37. The van der Waals surface area contributed by atoms with E-state index >= 15 is 0 Å². The molecule has 0 fully saturated rings. The highest BCUT2D eigenvalue weighted by molar-refractivity contribution is 4.52. The van der Waals surface area contributed by atoms with Gasteiger partial charge in [-0.1, -0.05) is 122 Å². The van der Waals surface area contributed by atoms with Crippen molar-refractivity contribution in [2.45, 2.75) is 135 Å². The molecule has 33 heavy (non-hydrogen) atoms. The van der Waals surface area contributed by atoms with Crippen LogP contribution in [0.4, 0.5) is 0 Å². The number of nitrogens with zero attached hydrogens (tertiary/aromatic N) is 1. The van der Waals surface area contributed by atoms with Gasteiger partial charge in [0.25, 0.3) is 0 Å². The van der Waals surface area contributed by atoms with Crippen LogP contribution < -0.4 is 17.0 Å². The number of unbranched alkanes of at least 4 members (excludes halogenated alkanes) is 19. The summed E-state index contributed by atoms with van der Waals surface area (Å²) < 4.78 is 0.655. The Bertz CT molecular complexity index is 341. The first-order valence-corrected chi connectivity index (χ1v) is 14.4. The standard InChI is InChI=1S/C28H60NO3.BrH/c1-2-3-4-5-6-7-8-9-10-11-12-13-14-15-16-17-18-19-20-21-22-29(23-26-30,24-27-31)25-28-32;/h30-32H,2-28H2,1H3;1H/q+1;/p-1. The van der Waals surface area contributed by atoms with Crippen molar-refractivity contribution in [2.24, 2.45) is 0 Å². The van der Waals surface area contributed by atoms with Crippen molar-refractivity contribution in [3.63, 3.8) is 0 Å². The number of halogens is 1. The minimum absolute atomic E-state index is 0. The fourth-order valence-electron chi connectivity index (χ4n) is 5.01. The summed E-state index contributed by atoms with van der Waals surface area (Å²) in [4.78, 5) is 0. The van der Waals surface area contributed by atoms with Crippen molar-refractivity contribution in [2.75, 3.05) is 46.0 Å². The number of quaternary nitrogens is 1. The molecule has 0 aliphatic rings. The average molecular weight is 539 g/mol. The molecule has 0 saturated heterocycles. The SMILES string of the molecule is CCCCCCCCCCCCCCCCCCCCCC[N+](CCO)(CCO)CCO.[Br-]. The second kappa shape index (κ2) is 28.6. The van der Waals surface area contributed by atoms with Crippen LogP contribution in [0.25, 0.3) is 0 Å². The highest BCUT2D eigenvalue weighted by Crippen LogP contribution is 2.15. The molecule has 0 heterocycles. The van der Waals surface area contributed by atoms with Crippen molar-refractivity contribution in [1.82, 2.24) is 0 Å². The summed E-state index contributed by atoms with van der Waals surface area (Å²) in [6.45, 7) is 5.54. The topological polar surface area (TPSA) is 60.7 Å². The van der Waals surface area contributed by atoms with Crippen LogP contribution in [0.15, 0.2) is 0 Å². The summed E-state index contributed by atoms with van der Waals surface area (Å²) in [7, 11) is 0. The minimum Gasteiger partial charge on any atom is -1.00 e. The summed E-state index contributed by atoms with van der Waals surface area (Å²) in [5.41, 5.74) is 0. The van der Waals surface area contributed by atoms with E-state index in [2.05, 4.69) is 6.92 Å². The number of aliphatic hydroxyl groups excluding tert-OH is 3. The third-order valence-corrected chi connectivity index (χ3v) is 7.21. The van der Waals surface area contributed by atoms with Gasteiger partial charge in [0, 0.05) is 0 Å². The first kappa shape index (κ1) is 35.5. The first-order valence-electron chi connectivity index (χ1n) is 14.4. The number of hydrogen-bond acceptors (Lipinski definition) is 3. The van der Waals surface area contributed by atoms with E-state index in [1.54, 1.807) is 0 Å². The Labute approximate surface area is 217 Å². The molecule has 0 bridgehead atoms. The lowest BCUT2D eigenvalue weighted by Crippen LogP contribution is -3.00. The number of rotatable bonds is 27. The molecule has 0 aliphatic heterocycles. The van der Waals surface area contributed by atoms with Gasteiger partial charge in [0.2, 0.25) is 0 Å². The zero-order chi connectivity index (χ0) is 23.6. The van der Waals surface area contributed by atoms with Crippen molar-refractivity contribution < 1.29 is 36.8 Å². The lowest BCUT2D eigenvalue weighted by atomic mass is 10.0. The summed E-state index contributed by atoms with van der Waals surface area (Å²) in [6.07, 6.45) is 27.8. The normalized spacial score (nSPS) is 11.6. The molecule has 0 aromatic rings. The summed E-state index contributed by atoms with van der Waals surface area (Å²) >= 11 is 0. The van der Waals surface area contributed by atoms with E-state index in [0.717, 1.165) is 13.0 Å². The molecule has 4 nitrogen and oxygen atoms in total. The van der Waals surface area contributed by atoms with Gasteiger partial charge >= 0.3 is 0 Å². The molecule has 0 aromatic carbocycles. The van der Waals surface area contributed by atoms with Crippen LogP contribution >= 0.6 is 0 Å². The summed E-state index contributed by atoms with van der Waals surface area (Å²) in [6, 6.07) is 0. The van der Waals surface area contributed by atoms with Crippen LogP contribution in [0.3, 0.4) is 0 Å². The van der Waals surface area contributed by atoms with Crippen LogP contribution in [0, 0.1) is 0 Å². The molecule has 0 unspecified atom stereocenters. The van der Waals surface area contributed by atoms with Crippen molar-refractivity contribution in [3.05, 3.63) is 0 Å². The van der Waals surface area contributed by atoms with Gasteiger partial charge in [0.1, 0.15) is 19.6 Å². The van der Waals surface area contributed by atoms with Crippen molar-refractivity contribution in [3.8, 4) is 0 Å². The van der Waals surface area contributed by atoms with E-state index in [4.69, 9.17) is 0 Å². The molecule has 0 atom stereocenters. The zero-order valence-electron chi connectivity index (χ0n) is 22.3. The van der Waals surface area contributed by atoms with Gasteiger partial charge in [-0.25, -0.2) is 0 Å². The molecule has 5 heteroatoms. The molecule has 3 N–H and O–H groups in total. The Balaban J connectivity index is 0. The van der Waals surface area contributed by atoms with E-state index in [9.17, 15) is 15.3 Å². The Morgan fingerprint density at radius 2 is 0.606 bits per heavy atom. The number of aliphatic hydroxyl groups is 3. The molecule has 0 aliphatic carbocycles. The molecule has 0 radical (unpaired) electrons. The molecule has 0 rings (SSSR count). The second-order valence-electron chi connectivity index (χ2n) is 10.1. The van der Waals surface area contributed by atoms with Gasteiger partial charge in [-0.3, -0.25) is 0 Å². The highest BCUT2D eigenvalue weighted by Gasteiger charge is 2.25. The fraction of sp³-hybridized carbons (Fsp3) is 1.00. The molecule has 0 aromatic heterocycles. The summed E-state index contributed by atoms with van der Waals surface area (Å²) in [5, 5.41) is 28.0. The molecule has 0 spiro atoms.